The lowest BCUT2D eigenvalue weighted by Gasteiger charge is -2.20. The van der Waals surface area contributed by atoms with Crippen molar-refractivity contribution in [3.05, 3.63) is 12.2 Å². The van der Waals surface area contributed by atoms with Crippen LogP contribution in [0, 0.1) is 0 Å². The van der Waals surface area contributed by atoms with E-state index >= 15 is 0 Å². The van der Waals surface area contributed by atoms with Crippen LogP contribution in [0.1, 0.15) is 335 Å². The summed E-state index contributed by atoms with van der Waals surface area (Å²) in [5, 5.41) is 23.1. The first-order valence-electron chi connectivity index (χ1n) is 30.0. The van der Waals surface area contributed by atoms with Crippen LogP contribution < -0.4 is 5.32 Å². The van der Waals surface area contributed by atoms with Gasteiger partial charge in [0.1, 0.15) is 0 Å². The van der Waals surface area contributed by atoms with E-state index in [-0.39, 0.29) is 18.5 Å². The molecule has 3 N–H and O–H groups in total. The first-order valence-corrected chi connectivity index (χ1v) is 30.0. The monoisotopic (exact) mass is 932 g/mol. The number of amides is 1. The van der Waals surface area contributed by atoms with Crippen LogP contribution in [0.2, 0.25) is 0 Å². The summed E-state index contributed by atoms with van der Waals surface area (Å²) in [6.07, 6.45) is 66.7. The summed E-state index contributed by atoms with van der Waals surface area (Å²) in [5.74, 6) is -0.0530. The molecule has 0 fully saturated rings. The van der Waals surface area contributed by atoms with Crippen molar-refractivity contribution in [1.82, 2.24) is 5.32 Å². The second kappa shape index (κ2) is 56.2. The Bertz CT molecular complexity index is 986. The molecular formula is C60H117NO5. The minimum atomic E-state index is -0.843. The van der Waals surface area contributed by atoms with Gasteiger partial charge >= 0.3 is 5.97 Å². The van der Waals surface area contributed by atoms with E-state index in [0.717, 1.165) is 38.5 Å². The first-order chi connectivity index (χ1) is 32.5. The molecule has 6 heteroatoms. The van der Waals surface area contributed by atoms with Crippen molar-refractivity contribution in [2.45, 2.75) is 347 Å². The number of ether oxygens (including phenoxy) is 1. The number of hydrogen-bond donors (Lipinski definition) is 3. The molecule has 0 rings (SSSR count). The average Bonchev–Trinajstić information content (AvgIpc) is 3.32. The molecule has 0 aromatic heterocycles. The molecular weight excluding hydrogens is 815 g/mol. The van der Waals surface area contributed by atoms with Crippen LogP contribution in [0.25, 0.3) is 0 Å². The molecule has 2 atom stereocenters. The van der Waals surface area contributed by atoms with Crippen molar-refractivity contribution in [2.24, 2.45) is 0 Å². The zero-order valence-corrected chi connectivity index (χ0v) is 44.7. The van der Waals surface area contributed by atoms with Gasteiger partial charge in [0.05, 0.1) is 25.4 Å². The fourth-order valence-electron chi connectivity index (χ4n) is 9.46. The minimum Gasteiger partial charge on any atom is -0.466 e. The Labute approximate surface area is 412 Å². The summed E-state index contributed by atoms with van der Waals surface area (Å²) in [5.41, 5.74) is 0. The van der Waals surface area contributed by atoms with Gasteiger partial charge in [-0.15, -0.1) is 0 Å². The van der Waals surface area contributed by atoms with E-state index in [9.17, 15) is 19.8 Å². The summed E-state index contributed by atoms with van der Waals surface area (Å²) >= 11 is 0. The number of carbonyl (C=O) groups excluding carboxylic acids is 2. The van der Waals surface area contributed by atoms with E-state index < -0.39 is 12.1 Å². The second-order valence-corrected chi connectivity index (χ2v) is 20.7. The number of hydrogen-bond acceptors (Lipinski definition) is 5. The van der Waals surface area contributed by atoms with E-state index in [1.165, 1.54) is 270 Å². The number of unbranched alkanes of at least 4 members (excludes halogenated alkanes) is 45. The summed E-state index contributed by atoms with van der Waals surface area (Å²) in [6.45, 7) is 4.92. The maximum Gasteiger partial charge on any atom is 0.305 e. The largest absolute Gasteiger partial charge is 0.466 e. The highest BCUT2D eigenvalue weighted by Crippen LogP contribution is 2.18. The van der Waals surface area contributed by atoms with Crippen LogP contribution in [0.15, 0.2) is 12.2 Å². The molecule has 0 aliphatic rings. The standard InChI is InChI=1S/C60H117NO5/c1-3-5-7-9-11-13-15-17-25-30-34-38-42-46-50-54-60(65)66-55-51-47-43-39-35-31-27-24-22-20-18-19-21-23-26-29-33-37-41-45-49-53-59(64)61-57(56-62)58(63)52-48-44-40-36-32-28-16-14-12-10-8-6-4-2/h48,52,57-58,62-63H,3-47,49-51,53-56H2,1-2H3,(H,61,64)/b52-48+. The Kier molecular flexibility index (Phi) is 55.0. The predicted octanol–water partition coefficient (Wildman–Crippen LogP) is 18.5. The molecule has 0 aliphatic heterocycles. The summed E-state index contributed by atoms with van der Waals surface area (Å²) in [7, 11) is 0. The molecule has 6 nitrogen and oxygen atoms in total. The van der Waals surface area contributed by atoms with Crippen LogP contribution in [0.3, 0.4) is 0 Å². The van der Waals surface area contributed by atoms with Gasteiger partial charge in [0.2, 0.25) is 5.91 Å². The van der Waals surface area contributed by atoms with Crippen molar-refractivity contribution < 1.29 is 24.5 Å². The first kappa shape index (κ1) is 64.6. The maximum absolute atomic E-state index is 12.4. The van der Waals surface area contributed by atoms with E-state index in [4.69, 9.17) is 4.74 Å². The van der Waals surface area contributed by atoms with Gasteiger partial charge in [0.25, 0.3) is 0 Å². The molecule has 0 heterocycles. The quantitative estimate of drug-likeness (QED) is 0.0321. The Hall–Kier alpha value is -1.40. The molecule has 0 spiro atoms. The van der Waals surface area contributed by atoms with Crippen LogP contribution in [-0.4, -0.2) is 47.4 Å². The summed E-state index contributed by atoms with van der Waals surface area (Å²) in [6, 6.07) is -0.627. The molecule has 0 radical (unpaired) electrons. The van der Waals surface area contributed by atoms with Gasteiger partial charge in [0, 0.05) is 12.8 Å². The molecule has 0 saturated heterocycles. The fourth-order valence-corrected chi connectivity index (χ4v) is 9.46. The number of esters is 1. The predicted molar refractivity (Wildman–Crippen MR) is 287 cm³/mol. The van der Waals surface area contributed by atoms with Crippen molar-refractivity contribution in [2.75, 3.05) is 13.2 Å². The Morgan fingerprint density at radius 2 is 0.697 bits per heavy atom. The van der Waals surface area contributed by atoms with E-state index in [0.29, 0.717) is 19.4 Å². The third-order valence-electron chi connectivity index (χ3n) is 14.1. The highest BCUT2D eigenvalue weighted by molar-refractivity contribution is 5.76. The highest BCUT2D eigenvalue weighted by atomic mass is 16.5. The zero-order chi connectivity index (χ0) is 47.9. The van der Waals surface area contributed by atoms with Crippen molar-refractivity contribution in [1.29, 1.82) is 0 Å². The lowest BCUT2D eigenvalue weighted by Crippen LogP contribution is -2.45. The van der Waals surface area contributed by atoms with Crippen LogP contribution in [-0.2, 0) is 14.3 Å². The van der Waals surface area contributed by atoms with Crippen LogP contribution in [0.5, 0.6) is 0 Å². The lowest BCUT2D eigenvalue weighted by molar-refractivity contribution is -0.143. The van der Waals surface area contributed by atoms with Crippen molar-refractivity contribution in [3.8, 4) is 0 Å². The summed E-state index contributed by atoms with van der Waals surface area (Å²) < 4.78 is 5.49. The number of aliphatic hydroxyl groups excluding tert-OH is 2. The van der Waals surface area contributed by atoms with Crippen LogP contribution in [0.4, 0.5) is 0 Å². The van der Waals surface area contributed by atoms with Gasteiger partial charge in [-0.2, -0.15) is 0 Å². The topological polar surface area (TPSA) is 95.9 Å². The Morgan fingerprint density at radius 3 is 1.03 bits per heavy atom. The maximum atomic E-state index is 12.4. The Morgan fingerprint density at radius 1 is 0.409 bits per heavy atom. The van der Waals surface area contributed by atoms with Gasteiger partial charge in [0.15, 0.2) is 0 Å². The lowest BCUT2D eigenvalue weighted by atomic mass is 10.0. The number of aliphatic hydroxyl groups is 2. The normalized spacial score (nSPS) is 12.6. The van der Waals surface area contributed by atoms with Gasteiger partial charge in [-0.3, -0.25) is 9.59 Å². The minimum absolute atomic E-state index is 0.0147. The molecule has 0 aromatic carbocycles. The molecule has 1 amide bonds. The Balaban J connectivity index is 3.38. The number of nitrogens with one attached hydrogen (secondary N) is 1. The average molecular weight is 933 g/mol. The molecule has 0 saturated carbocycles. The van der Waals surface area contributed by atoms with Gasteiger partial charge in [-0.05, 0) is 32.1 Å². The number of carbonyl (C=O) groups is 2. The van der Waals surface area contributed by atoms with Gasteiger partial charge in [-0.1, -0.05) is 302 Å². The fraction of sp³-hybridized carbons (Fsp3) is 0.933. The molecule has 66 heavy (non-hydrogen) atoms. The molecule has 0 aromatic rings. The SMILES string of the molecule is CCCCCCCCCCCCC/C=C/C(O)C(CO)NC(=O)CCCCCCCCCCCCCCCCCCCCCCCOC(=O)CCCCCCCCCCCCCCCCC. The third-order valence-corrected chi connectivity index (χ3v) is 14.1. The zero-order valence-electron chi connectivity index (χ0n) is 44.7. The molecule has 0 bridgehead atoms. The molecule has 392 valence electrons. The van der Waals surface area contributed by atoms with E-state index in [1.54, 1.807) is 6.08 Å². The summed E-state index contributed by atoms with van der Waals surface area (Å²) in [4.78, 5) is 24.5. The number of rotatable bonds is 56. The molecule has 0 aliphatic carbocycles. The van der Waals surface area contributed by atoms with Crippen molar-refractivity contribution in [3.63, 3.8) is 0 Å². The van der Waals surface area contributed by atoms with Gasteiger partial charge in [-0.25, -0.2) is 0 Å². The second-order valence-electron chi connectivity index (χ2n) is 20.7. The van der Waals surface area contributed by atoms with Crippen LogP contribution >= 0.6 is 0 Å². The smallest absolute Gasteiger partial charge is 0.305 e. The number of allylic oxidation sites excluding steroid dienone is 1. The highest BCUT2D eigenvalue weighted by Gasteiger charge is 2.18. The van der Waals surface area contributed by atoms with Gasteiger partial charge < -0.3 is 20.3 Å². The van der Waals surface area contributed by atoms with E-state index in [1.807, 2.05) is 6.08 Å². The van der Waals surface area contributed by atoms with Crippen molar-refractivity contribution >= 4 is 11.9 Å². The molecule has 2 unspecified atom stereocenters. The third kappa shape index (κ3) is 52.0. The van der Waals surface area contributed by atoms with E-state index in [2.05, 4.69) is 19.2 Å².